The highest BCUT2D eigenvalue weighted by atomic mass is 35.5. The van der Waals surface area contributed by atoms with E-state index in [4.69, 9.17) is 17.2 Å². The molecule has 0 unspecified atom stereocenters. The summed E-state index contributed by atoms with van der Waals surface area (Å²) in [5, 5.41) is 1.92. The van der Waals surface area contributed by atoms with Crippen LogP contribution in [0.25, 0.3) is 0 Å². The van der Waals surface area contributed by atoms with Crippen molar-refractivity contribution in [1.82, 2.24) is 4.98 Å². The number of nitrogens with zero attached hydrogens (tertiary/aromatic N) is 2. The average Bonchev–Trinajstić information content (AvgIpc) is 2.50. The molecule has 0 saturated carbocycles. The standard InChI is InChI=1S/C6H9N5OS.2ClH/c7-1-4(12)3-2-13-6(10-3)11-5(8)9;;/h2H,1,7H2,(H4,8,9,10,11);2*1H. The van der Waals surface area contributed by atoms with E-state index >= 15 is 0 Å². The molecule has 0 amide bonds. The van der Waals surface area contributed by atoms with E-state index in [0.717, 1.165) is 0 Å². The van der Waals surface area contributed by atoms with Crippen molar-refractivity contribution in [3.63, 3.8) is 0 Å². The van der Waals surface area contributed by atoms with Crippen LogP contribution in [0.2, 0.25) is 0 Å². The third-order valence-corrected chi connectivity index (χ3v) is 1.92. The highest BCUT2D eigenvalue weighted by Gasteiger charge is 2.07. The fourth-order valence-corrected chi connectivity index (χ4v) is 1.37. The number of carbonyl (C=O) groups excluding carboxylic acids is 1. The fourth-order valence-electron chi connectivity index (χ4n) is 0.659. The molecule has 6 nitrogen and oxygen atoms in total. The zero-order chi connectivity index (χ0) is 9.84. The number of hydrogen-bond acceptors (Lipinski definition) is 5. The van der Waals surface area contributed by atoms with Crippen LogP contribution < -0.4 is 17.2 Å². The number of rotatable bonds is 3. The summed E-state index contributed by atoms with van der Waals surface area (Å²) >= 11 is 1.19. The SMILES string of the molecule is Cl.Cl.NCC(=O)c1csc(N=C(N)N)n1. The Bertz CT molecular complexity index is 349. The third kappa shape index (κ3) is 4.93. The van der Waals surface area contributed by atoms with Crippen molar-refractivity contribution < 1.29 is 4.79 Å². The van der Waals surface area contributed by atoms with Gasteiger partial charge in [0.05, 0.1) is 6.54 Å². The highest BCUT2D eigenvalue weighted by molar-refractivity contribution is 7.13. The number of aliphatic imine (C=N–C) groups is 1. The molecule has 0 aromatic carbocycles. The minimum Gasteiger partial charge on any atom is -0.370 e. The molecule has 9 heteroatoms. The van der Waals surface area contributed by atoms with Gasteiger partial charge < -0.3 is 17.2 Å². The minimum absolute atomic E-state index is 0. The first-order valence-electron chi connectivity index (χ1n) is 3.42. The predicted octanol–water partition coefficient (Wildman–Crippen LogP) is 0.0330. The lowest BCUT2D eigenvalue weighted by atomic mass is 10.3. The average molecular weight is 272 g/mol. The molecule has 0 aliphatic carbocycles. The van der Waals surface area contributed by atoms with E-state index in [1.54, 1.807) is 5.38 Å². The van der Waals surface area contributed by atoms with Gasteiger partial charge in [-0.25, -0.2) is 4.98 Å². The van der Waals surface area contributed by atoms with Crippen LogP contribution in [0.1, 0.15) is 10.5 Å². The Balaban J connectivity index is 0. The van der Waals surface area contributed by atoms with Crippen molar-refractivity contribution in [2.45, 2.75) is 0 Å². The lowest BCUT2D eigenvalue weighted by Gasteiger charge is -1.88. The van der Waals surface area contributed by atoms with Crippen molar-refractivity contribution in [3.8, 4) is 0 Å². The van der Waals surface area contributed by atoms with E-state index in [9.17, 15) is 4.79 Å². The molecule has 0 aliphatic rings. The van der Waals surface area contributed by atoms with Crippen molar-refractivity contribution >= 4 is 53.0 Å². The molecule has 0 aliphatic heterocycles. The first-order valence-corrected chi connectivity index (χ1v) is 4.30. The molecule has 0 fully saturated rings. The van der Waals surface area contributed by atoms with Crippen LogP contribution in [0.5, 0.6) is 0 Å². The number of nitrogens with two attached hydrogens (primary N) is 3. The second-order valence-corrected chi connectivity index (χ2v) is 3.02. The maximum Gasteiger partial charge on any atom is 0.212 e. The van der Waals surface area contributed by atoms with Gasteiger partial charge in [-0.3, -0.25) is 4.79 Å². The monoisotopic (exact) mass is 271 g/mol. The molecule has 1 heterocycles. The number of aromatic nitrogens is 1. The van der Waals surface area contributed by atoms with Crippen LogP contribution in [-0.2, 0) is 0 Å². The Morgan fingerprint density at radius 3 is 2.53 bits per heavy atom. The molecule has 0 radical (unpaired) electrons. The highest BCUT2D eigenvalue weighted by Crippen LogP contribution is 2.18. The predicted molar refractivity (Wildman–Crippen MR) is 65.5 cm³/mol. The third-order valence-electron chi connectivity index (χ3n) is 1.19. The lowest BCUT2D eigenvalue weighted by molar-refractivity contribution is 0.0997. The van der Waals surface area contributed by atoms with Crippen LogP contribution in [0.4, 0.5) is 5.13 Å². The number of carbonyl (C=O) groups is 1. The van der Waals surface area contributed by atoms with E-state index in [-0.39, 0.29) is 43.1 Å². The normalized spacial score (nSPS) is 8.33. The summed E-state index contributed by atoms with van der Waals surface area (Å²) < 4.78 is 0. The summed E-state index contributed by atoms with van der Waals surface area (Å²) in [5.41, 5.74) is 15.7. The fraction of sp³-hybridized carbons (Fsp3) is 0.167. The van der Waals surface area contributed by atoms with Crippen LogP contribution in [0.15, 0.2) is 10.4 Å². The van der Waals surface area contributed by atoms with Crippen LogP contribution in [0, 0.1) is 0 Å². The molecule has 6 N–H and O–H groups in total. The minimum atomic E-state index is -0.228. The first kappa shape index (κ1) is 16.5. The molecule has 1 rings (SSSR count). The smallest absolute Gasteiger partial charge is 0.212 e. The lowest BCUT2D eigenvalue weighted by Crippen LogP contribution is -2.21. The molecule has 0 bridgehead atoms. The van der Waals surface area contributed by atoms with Crippen LogP contribution in [0.3, 0.4) is 0 Å². The van der Waals surface area contributed by atoms with Gasteiger partial charge in [0, 0.05) is 5.38 Å². The number of halogens is 2. The first-order chi connectivity index (χ1) is 6.13. The zero-order valence-corrected chi connectivity index (χ0v) is 9.99. The number of ketones is 1. The van der Waals surface area contributed by atoms with Crippen LogP contribution >= 0.6 is 36.2 Å². The Morgan fingerprint density at radius 1 is 1.47 bits per heavy atom. The topological polar surface area (TPSA) is 120 Å². The molecule has 86 valence electrons. The van der Waals surface area contributed by atoms with E-state index < -0.39 is 0 Å². The Hall–Kier alpha value is -0.890. The Kier molecular flexibility index (Phi) is 8.17. The molecule has 1 aromatic rings. The van der Waals surface area contributed by atoms with Crippen LogP contribution in [-0.4, -0.2) is 23.3 Å². The van der Waals surface area contributed by atoms with Gasteiger partial charge in [0.2, 0.25) is 5.13 Å². The maximum atomic E-state index is 11.0. The van der Waals surface area contributed by atoms with Crippen molar-refractivity contribution in [2.75, 3.05) is 6.54 Å². The zero-order valence-electron chi connectivity index (χ0n) is 7.54. The molecule has 0 atom stereocenters. The number of guanidine groups is 1. The Morgan fingerprint density at radius 2 is 2.07 bits per heavy atom. The second kappa shape index (κ2) is 7.41. The largest absolute Gasteiger partial charge is 0.370 e. The van der Waals surface area contributed by atoms with E-state index in [1.165, 1.54) is 11.3 Å². The van der Waals surface area contributed by atoms with Gasteiger partial charge in [-0.1, -0.05) is 0 Å². The summed E-state index contributed by atoms with van der Waals surface area (Å²) in [7, 11) is 0. The van der Waals surface area contributed by atoms with E-state index in [2.05, 4.69) is 9.98 Å². The number of Topliss-reactive ketones (excluding diaryl/α,β-unsaturated/α-hetero) is 1. The number of hydrogen-bond donors (Lipinski definition) is 3. The summed E-state index contributed by atoms with van der Waals surface area (Å²) in [6, 6.07) is 0. The summed E-state index contributed by atoms with van der Waals surface area (Å²) in [4.78, 5) is 18.6. The second-order valence-electron chi connectivity index (χ2n) is 2.18. The number of thiazole rings is 1. The van der Waals surface area contributed by atoms with E-state index in [0.29, 0.717) is 10.8 Å². The molecule has 1 aromatic heterocycles. The molecule has 0 spiro atoms. The summed E-state index contributed by atoms with van der Waals surface area (Å²) in [6.45, 7) is -0.0645. The summed E-state index contributed by atoms with van der Waals surface area (Å²) in [6.07, 6.45) is 0. The van der Waals surface area contributed by atoms with Gasteiger partial charge in [-0.05, 0) is 0 Å². The maximum absolute atomic E-state index is 11.0. The molecular weight excluding hydrogens is 261 g/mol. The van der Waals surface area contributed by atoms with Gasteiger partial charge in [0.1, 0.15) is 5.69 Å². The van der Waals surface area contributed by atoms with Gasteiger partial charge in [0.25, 0.3) is 0 Å². The van der Waals surface area contributed by atoms with E-state index in [1.807, 2.05) is 0 Å². The van der Waals surface area contributed by atoms with Gasteiger partial charge >= 0.3 is 0 Å². The van der Waals surface area contributed by atoms with Crippen molar-refractivity contribution in [1.29, 1.82) is 0 Å². The quantitative estimate of drug-likeness (QED) is 0.407. The molecular formula is C6H11Cl2N5OS. The molecule has 15 heavy (non-hydrogen) atoms. The van der Waals surface area contributed by atoms with Crippen molar-refractivity contribution in [3.05, 3.63) is 11.1 Å². The summed E-state index contributed by atoms with van der Waals surface area (Å²) in [5.74, 6) is -0.311. The molecule has 0 saturated heterocycles. The van der Waals surface area contributed by atoms with Gasteiger partial charge in [-0.15, -0.1) is 36.2 Å². The van der Waals surface area contributed by atoms with Gasteiger partial charge in [-0.2, -0.15) is 4.99 Å². The Labute approximate surface area is 103 Å². The van der Waals surface area contributed by atoms with Gasteiger partial charge in [0.15, 0.2) is 11.7 Å². The van der Waals surface area contributed by atoms with Crippen molar-refractivity contribution in [2.24, 2.45) is 22.2 Å².